The van der Waals surface area contributed by atoms with Gasteiger partial charge in [-0.1, -0.05) is 29.4 Å². The van der Waals surface area contributed by atoms with E-state index < -0.39 is 13.2 Å². The summed E-state index contributed by atoms with van der Waals surface area (Å²) in [5.74, 6) is 0. The van der Waals surface area contributed by atoms with E-state index in [0.29, 0.717) is 19.5 Å². The van der Waals surface area contributed by atoms with Crippen LogP contribution in [0.1, 0.15) is 39.7 Å². The molecule has 1 saturated heterocycles. The molecule has 0 aromatic heterocycles. The minimum Gasteiger partial charge on any atom is -0.445 e. The van der Waals surface area contributed by atoms with Gasteiger partial charge < -0.3 is 19.4 Å². The van der Waals surface area contributed by atoms with Gasteiger partial charge in [0.05, 0.1) is 11.2 Å². The number of benzene rings is 1. The monoisotopic (exact) mass is 360 g/mol. The Hall–Kier alpha value is -2.22. The third-order valence-electron chi connectivity index (χ3n) is 4.64. The summed E-state index contributed by atoms with van der Waals surface area (Å²) in [4.78, 5) is 14.2. The Morgan fingerprint density at radius 2 is 1.85 bits per heavy atom. The van der Waals surface area contributed by atoms with E-state index >= 15 is 0 Å². The van der Waals surface area contributed by atoms with E-state index in [-0.39, 0.29) is 17.8 Å². The van der Waals surface area contributed by atoms with Crippen LogP contribution in [0.5, 0.6) is 0 Å². The standard InChI is InChI=1S/C17H25BN4O4/c1-16(2)17(3,4)26-18(25-16)14-8-6-13(7-9-14)12-24-15(23)20-10-5-11-21-22-19/h6-9H,5,10-12H2,1-4H3,(H,20,23). The summed E-state index contributed by atoms with van der Waals surface area (Å²) in [6.07, 6.45) is 0.0723. The molecule has 0 unspecified atom stereocenters. The normalized spacial score (nSPS) is 17.5. The summed E-state index contributed by atoms with van der Waals surface area (Å²) in [6, 6.07) is 7.60. The number of hydrogen-bond donors (Lipinski definition) is 1. The van der Waals surface area contributed by atoms with Gasteiger partial charge in [-0.05, 0) is 50.7 Å². The second-order valence-corrected chi connectivity index (χ2v) is 7.14. The predicted octanol–water partition coefficient (Wildman–Crippen LogP) is 2.91. The number of carbonyl (C=O) groups excluding carboxylic acids is 1. The van der Waals surface area contributed by atoms with Gasteiger partial charge >= 0.3 is 13.2 Å². The van der Waals surface area contributed by atoms with E-state index in [1.165, 1.54) is 0 Å². The van der Waals surface area contributed by atoms with Crippen LogP contribution in [0.4, 0.5) is 4.79 Å². The molecule has 0 radical (unpaired) electrons. The average molecular weight is 360 g/mol. The first-order valence-electron chi connectivity index (χ1n) is 8.61. The summed E-state index contributed by atoms with van der Waals surface area (Å²) in [5, 5.41) is 5.99. The zero-order valence-electron chi connectivity index (χ0n) is 15.7. The SMILES string of the molecule is CC1(C)OB(c2ccc(COC(=O)NCCCN=[N+]=[N-])cc2)OC1(C)C. The molecule has 0 spiro atoms. The van der Waals surface area contributed by atoms with Crippen molar-refractivity contribution in [1.29, 1.82) is 0 Å². The molecule has 1 aliphatic rings. The van der Waals surface area contributed by atoms with Crippen LogP contribution in [0.25, 0.3) is 10.4 Å². The van der Waals surface area contributed by atoms with Crippen molar-refractivity contribution in [3.8, 4) is 0 Å². The minimum absolute atomic E-state index is 0.172. The van der Waals surface area contributed by atoms with Crippen molar-refractivity contribution >= 4 is 18.7 Å². The molecule has 1 amide bonds. The lowest BCUT2D eigenvalue weighted by molar-refractivity contribution is 0.00578. The van der Waals surface area contributed by atoms with Crippen LogP contribution in [0, 0.1) is 0 Å². The van der Waals surface area contributed by atoms with Gasteiger partial charge in [-0.25, -0.2) is 4.79 Å². The maximum Gasteiger partial charge on any atom is 0.494 e. The Balaban J connectivity index is 1.79. The van der Waals surface area contributed by atoms with Crippen LogP contribution in [0.15, 0.2) is 29.4 Å². The number of carbonyl (C=O) groups is 1. The van der Waals surface area contributed by atoms with Gasteiger partial charge in [0, 0.05) is 18.0 Å². The molecule has 0 saturated carbocycles. The van der Waals surface area contributed by atoms with Crippen molar-refractivity contribution in [2.24, 2.45) is 5.11 Å². The van der Waals surface area contributed by atoms with Crippen LogP contribution in [0.2, 0.25) is 0 Å². The maximum absolute atomic E-state index is 11.6. The molecule has 1 fully saturated rings. The first-order valence-corrected chi connectivity index (χ1v) is 8.61. The highest BCUT2D eigenvalue weighted by Crippen LogP contribution is 2.36. The second kappa shape index (κ2) is 8.44. The Labute approximate surface area is 154 Å². The van der Waals surface area contributed by atoms with Crippen LogP contribution in [-0.4, -0.2) is 37.5 Å². The number of alkyl carbamates (subject to hydrolysis) is 1. The van der Waals surface area contributed by atoms with Crippen molar-refractivity contribution in [2.45, 2.75) is 51.9 Å². The Morgan fingerprint density at radius 3 is 2.42 bits per heavy atom. The molecule has 0 atom stereocenters. The zero-order valence-corrected chi connectivity index (χ0v) is 15.7. The van der Waals surface area contributed by atoms with Crippen LogP contribution in [0.3, 0.4) is 0 Å². The molecule has 9 heteroatoms. The third-order valence-corrected chi connectivity index (χ3v) is 4.64. The van der Waals surface area contributed by atoms with Gasteiger partial charge in [-0.2, -0.15) is 0 Å². The van der Waals surface area contributed by atoms with Gasteiger partial charge in [0.15, 0.2) is 0 Å². The topological polar surface area (TPSA) is 106 Å². The zero-order chi connectivity index (χ0) is 19.2. The van der Waals surface area contributed by atoms with Crippen LogP contribution in [-0.2, 0) is 20.7 Å². The fraction of sp³-hybridized carbons (Fsp3) is 0.588. The molecule has 26 heavy (non-hydrogen) atoms. The number of hydrogen-bond acceptors (Lipinski definition) is 5. The Kier molecular flexibility index (Phi) is 6.53. The van der Waals surface area contributed by atoms with Crippen molar-refractivity contribution in [1.82, 2.24) is 5.32 Å². The Morgan fingerprint density at radius 1 is 1.23 bits per heavy atom. The molecule has 1 aliphatic heterocycles. The molecule has 0 bridgehead atoms. The molecule has 2 rings (SSSR count). The number of nitrogens with one attached hydrogen (secondary N) is 1. The summed E-state index contributed by atoms with van der Waals surface area (Å²) in [6.45, 7) is 8.98. The molecule has 0 aliphatic carbocycles. The molecule has 1 aromatic carbocycles. The first-order chi connectivity index (χ1) is 12.2. The second-order valence-electron chi connectivity index (χ2n) is 7.14. The number of nitrogens with zero attached hydrogens (tertiary/aromatic N) is 3. The molecule has 1 N–H and O–H groups in total. The summed E-state index contributed by atoms with van der Waals surface area (Å²) >= 11 is 0. The third kappa shape index (κ3) is 5.14. The average Bonchev–Trinajstić information content (AvgIpc) is 2.81. The molecule has 140 valence electrons. The molecule has 1 heterocycles. The lowest BCUT2D eigenvalue weighted by Gasteiger charge is -2.32. The van der Waals surface area contributed by atoms with E-state index in [9.17, 15) is 4.79 Å². The number of ether oxygens (including phenoxy) is 1. The van der Waals surface area contributed by atoms with Crippen LogP contribution >= 0.6 is 0 Å². The van der Waals surface area contributed by atoms with Crippen molar-refractivity contribution < 1.29 is 18.8 Å². The van der Waals surface area contributed by atoms with Gasteiger partial charge in [0.2, 0.25) is 0 Å². The van der Waals surface area contributed by atoms with E-state index in [2.05, 4.69) is 15.3 Å². The molecular weight excluding hydrogens is 335 g/mol. The van der Waals surface area contributed by atoms with Crippen molar-refractivity contribution in [3.63, 3.8) is 0 Å². The first kappa shape index (κ1) is 20.1. The number of rotatable bonds is 7. The fourth-order valence-corrected chi connectivity index (χ4v) is 2.33. The number of azide groups is 1. The van der Waals surface area contributed by atoms with E-state index in [4.69, 9.17) is 19.6 Å². The van der Waals surface area contributed by atoms with Crippen LogP contribution < -0.4 is 10.8 Å². The largest absolute Gasteiger partial charge is 0.494 e. The molecular formula is C17H25BN4O4. The van der Waals surface area contributed by atoms with Gasteiger partial charge in [-0.3, -0.25) is 0 Å². The van der Waals surface area contributed by atoms with E-state index in [0.717, 1.165) is 11.0 Å². The van der Waals surface area contributed by atoms with Crippen molar-refractivity contribution in [2.75, 3.05) is 13.1 Å². The van der Waals surface area contributed by atoms with Gasteiger partial charge in [0.25, 0.3) is 0 Å². The highest BCUT2D eigenvalue weighted by Gasteiger charge is 2.51. The summed E-state index contributed by atoms with van der Waals surface area (Å²) in [7, 11) is -0.408. The summed E-state index contributed by atoms with van der Waals surface area (Å²) in [5.41, 5.74) is 9.19. The maximum atomic E-state index is 11.6. The van der Waals surface area contributed by atoms with E-state index in [1.807, 2.05) is 52.0 Å². The molecule has 8 nitrogen and oxygen atoms in total. The van der Waals surface area contributed by atoms with Crippen molar-refractivity contribution in [3.05, 3.63) is 40.3 Å². The highest BCUT2D eigenvalue weighted by molar-refractivity contribution is 6.62. The van der Waals surface area contributed by atoms with Gasteiger partial charge in [0.1, 0.15) is 6.61 Å². The number of amides is 1. The lowest BCUT2D eigenvalue weighted by atomic mass is 9.79. The quantitative estimate of drug-likeness (QED) is 0.265. The van der Waals surface area contributed by atoms with Gasteiger partial charge in [-0.15, -0.1) is 0 Å². The Bertz CT molecular complexity index is 656. The summed E-state index contributed by atoms with van der Waals surface area (Å²) < 4.78 is 17.2. The predicted molar refractivity (Wildman–Crippen MR) is 99.0 cm³/mol. The lowest BCUT2D eigenvalue weighted by Crippen LogP contribution is -2.41. The minimum atomic E-state index is -0.499. The fourth-order valence-electron chi connectivity index (χ4n) is 2.33. The smallest absolute Gasteiger partial charge is 0.445 e. The van der Waals surface area contributed by atoms with E-state index in [1.54, 1.807) is 0 Å². The highest BCUT2D eigenvalue weighted by atomic mass is 16.7. The molecule has 1 aromatic rings.